The van der Waals surface area contributed by atoms with E-state index in [1.165, 1.54) is 25.3 Å². The number of fused-ring (bicyclic) bond motifs is 2. The van der Waals surface area contributed by atoms with Crippen molar-refractivity contribution >= 4 is 21.6 Å². The summed E-state index contributed by atoms with van der Waals surface area (Å²) >= 11 is 0. The first kappa shape index (κ1) is 19.0. The molecular weight excluding hydrogens is 372 g/mol. The zero-order valence-corrected chi connectivity index (χ0v) is 17.1. The molecule has 1 amide bonds. The Balaban J connectivity index is 1.54. The quantitative estimate of drug-likeness (QED) is 0.799. The van der Waals surface area contributed by atoms with Crippen LogP contribution < -0.4 is 10.0 Å². The van der Waals surface area contributed by atoms with Crippen LogP contribution in [0.25, 0.3) is 0 Å². The number of sulfonamides is 1. The standard InChI is InChI=1S/C22H26N2O3S/c1-14-3-9-19(10-4-14)24-28(26,27)21-13-18(7-5-15(21)2)22(25)23-20-12-16-6-8-17(20)11-16/h3-5,7,9-10,13,16-17,20,24H,6,8,11-12H2,1-2H3,(H,23,25)/t16-,17-,20-/m0/s1. The maximum atomic E-state index is 12.9. The van der Waals surface area contributed by atoms with Crippen LogP contribution in [0.1, 0.15) is 47.2 Å². The molecule has 0 saturated heterocycles. The maximum Gasteiger partial charge on any atom is 0.262 e. The first-order valence-electron chi connectivity index (χ1n) is 9.83. The van der Waals surface area contributed by atoms with Crippen LogP contribution in [0.4, 0.5) is 5.69 Å². The molecule has 0 radical (unpaired) electrons. The Morgan fingerprint density at radius 1 is 1.00 bits per heavy atom. The largest absolute Gasteiger partial charge is 0.349 e. The van der Waals surface area contributed by atoms with Crippen LogP contribution in [0.5, 0.6) is 0 Å². The van der Waals surface area contributed by atoms with Crippen LogP contribution in [0.3, 0.4) is 0 Å². The molecule has 0 unspecified atom stereocenters. The van der Waals surface area contributed by atoms with E-state index < -0.39 is 10.0 Å². The van der Waals surface area contributed by atoms with Gasteiger partial charge in [-0.2, -0.15) is 0 Å². The van der Waals surface area contributed by atoms with Crippen LogP contribution >= 0.6 is 0 Å². The Bertz CT molecular complexity index is 999. The number of carbonyl (C=O) groups is 1. The molecule has 2 N–H and O–H groups in total. The fourth-order valence-electron chi connectivity index (χ4n) is 4.54. The average molecular weight is 399 g/mol. The first-order valence-corrected chi connectivity index (χ1v) is 11.3. The number of aryl methyl sites for hydroxylation is 2. The number of amides is 1. The van der Waals surface area contributed by atoms with Gasteiger partial charge in [-0.1, -0.05) is 30.2 Å². The van der Waals surface area contributed by atoms with E-state index in [4.69, 9.17) is 0 Å². The van der Waals surface area contributed by atoms with E-state index in [2.05, 4.69) is 10.0 Å². The number of carbonyl (C=O) groups excluding carboxylic acids is 1. The van der Waals surface area contributed by atoms with Gasteiger partial charge in [0.05, 0.1) is 4.90 Å². The van der Waals surface area contributed by atoms with Gasteiger partial charge in [-0.05, 0) is 74.8 Å². The summed E-state index contributed by atoms with van der Waals surface area (Å²) in [6, 6.07) is 12.3. The molecule has 0 aromatic heterocycles. The van der Waals surface area contributed by atoms with Crippen LogP contribution in [0, 0.1) is 25.7 Å². The second-order valence-corrected chi connectivity index (χ2v) is 9.86. The van der Waals surface area contributed by atoms with E-state index in [-0.39, 0.29) is 16.8 Å². The van der Waals surface area contributed by atoms with Crippen molar-refractivity contribution in [2.75, 3.05) is 4.72 Å². The van der Waals surface area contributed by atoms with Crippen molar-refractivity contribution < 1.29 is 13.2 Å². The fourth-order valence-corrected chi connectivity index (χ4v) is 5.87. The van der Waals surface area contributed by atoms with Gasteiger partial charge in [0.2, 0.25) is 0 Å². The van der Waals surface area contributed by atoms with Gasteiger partial charge in [-0.15, -0.1) is 0 Å². The highest BCUT2D eigenvalue weighted by Crippen LogP contribution is 2.44. The summed E-state index contributed by atoms with van der Waals surface area (Å²) in [5.41, 5.74) is 2.55. The molecule has 4 rings (SSSR count). The number of benzene rings is 2. The number of anilines is 1. The minimum atomic E-state index is -3.78. The molecule has 28 heavy (non-hydrogen) atoms. The Hall–Kier alpha value is -2.34. The van der Waals surface area contributed by atoms with Crippen LogP contribution in [-0.4, -0.2) is 20.4 Å². The van der Waals surface area contributed by atoms with Gasteiger partial charge in [-0.3, -0.25) is 9.52 Å². The molecule has 2 saturated carbocycles. The highest BCUT2D eigenvalue weighted by molar-refractivity contribution is 7.92. The first-order chi connectivity index (χ1) is 13.3. The summed E-state index contributed by atoms with van der Waals surface area (Å²) in [6.45, 7) is 3.68. The van der Waals surface area contributed by atoms with Crippen LogP contribution in [0.15, 0.2) is 47.4 Å². The Labute approximate surface area is 166 Å². The molecule has 2 aromatic carbocycles. The highest BCUT2D eigenvalue weighted by Gasteiger charge is 2.40. The minimum absolute atomic E-state index is 0.133. The fraction of sp³-hybridized carbons (Fsp3) is 0.409. The smallest absolute Gasteiger partial charge is 0.262 e. The van der Waals surface area contributed by atoms with Crippen molar-refractivity contribution in [3.63, 3.8) is 0 Å². The van der Waals surface area contributed by atoms with E-state index in [1.807, 2.05) is 19.1 Å². The summed E-state index contributed by atoms with van der Waals surface area (Å²) < 4.78 is 28.4. The third-order valence-electron chi connectivity index (χ3n) is 6.10. The van der Waals surface area contributed by atoms with Crippen LogP contribution in [0.2, 0.25) is 0 Å². The van der Waals surface area contributed by atoms with Crippen molar-refractivity contribution in [3.8, 4) is 0 Å². The summed E-state index contributed by atoms with van der Waals surface area (Å²) in [5, 5.41) is 3.13. The molecule has 6 heteroatoms. The van der Waals surface area contributed by atoms with Gasteiger partial charge < -0.3 is 5.32 Å². The van der Waals surface area contributed by atoms with E-state index in [0.717, 1.165) is 17.9 Å². The van der Waals surface area contributed by atoms with Gasteiger partial charge >= 0.3 is 0 Å². The monoisotopic (exact) mass is 398 g/mol. The molecule has 2 aliphatic carbocycles. The number of hydrogen-bond acceptors (Lipinski definition) is 3. The lowest BCUT2D eigenvalue weighted by atomic mass is 9.95. The molecule has 5 nitrogen and oxygen atoms in total. The third kappa shape index (κ3) is 3.78. The summed E-state index contributed by atoms with van der Waals surface area (Å²) in [7, 11) is -3.78. The van der Waals surface area contributed by atoms with E-state index in [9.17, 15) is 13.2 Å². The summed E-state index contributed by atoms with van der Waals surface area (Å²) in [4.78, 5) is 12.9. The second kappa shape index (κ2) is 7.24. The third-order valence-corrected chi connectivity index (χ3v) is 7.62. The van der Waals surface area contributed by atoms with E-state index in [1.54, 1.807) is 31.2 Å². The molecule has 2 aromatic rings. The minimum Gasteiger partial charge on any atom is -0.349 e. The van der Waals surface area contributed by atoms with Gasteiger partial charge in [0.25, 0.3) is 15.9 Å². The van der Waals surface area contributed by atoms with E-state index >= 15 is 0 Å². The Morgan fingerprint density at radius 2 is 1.75 bits per heavy atom. The average Bonchev–Trinajstić information content (AvgIpc) is 3.26. The Morgan fingerprint density at radius 3 is 2.39 bits per heavy atom. The van der Waals surface area contributed by atoms with Crippen molar-refractivity contribution in [1.29, 1.82) is 0 Å². The van der Waals surface area contributed by atoms with Crippen molar-refractivity contribution in [2.24, 2.45) is 11.8 Å². The maximum absolute atomic E-state index is 12.9. The predicted octanol–water partition coefficient (Wildman–Crippen LogP) is 4.02. The van der Waals surface area contributed by atoms with Crippen molar-refractivity contribution in [3.05, 3.63) is 59.2 Å². The molecule has 2 bridgehead atoms. The summed E-state index contributed by atoms with van der Waals surface area (Å²) in [6.07, 6.45) is 4.71. The SMILES string of the molecule is Cc1ccc(NS(=O)(=O)c2cc(C(=O)N[C@H]3C[C@H]4CC[C@H]3C4)ccc2C)cc1. The van der Waals surface area contributed by atoms with Crippen molar-refractivity contribution in [2.45, 2.75) is 50.5 Å². The number of hydrogen-bond donors (Lipinski definition) is 2. The zero-order chi connectivity index (χ0) is 19.9. The number of rotatable bonds is 5. The van der Waals surface area contributed by atoms with Crippen LogP contribution in [-0.2, 0) is 10.0 Å². The lowest BCUT2D eigenvalue weighted by molar-refractivity contribution is 0.0922. The summed E-state index contributed by atoms with van der Waals surface area (Å²) in [5.74, 6) is 1.12. The van der Waals surface area contributed by atoms with E-state index in [0.29, 0.717) is 22.7 Å². The van der Waals surface area contributed by atoms with Crippen molar-refractivity contribution in [1.82, 2.24) is 5.32 Å². The predicted molar refractivity (Wildman–Crippen MR) is 110 cm³/mol. The Kier molecular flexibility index (Phi) is 4.91. The molecule has 0 heterocycles. The van der Waals surface area contributed by atoms with Gasteiger partial charge in [0, 0.05) is 17.3 Å². The molecule has 0 aliphatic heterocycles. The molecular formula is C22H26N2O3S. The molecule has 2 aliphatic rings. The molecule has 2 fully saturated rings. The normalized spacial score (nSPS) is 23.6. The highest BCUT2D eigenvalue weighted by atomic mass is 32.2. The molecule has 0 spiro atoms. The second-order valence-electron chi connectivity index (χ2n) is 8.21. The zero-order valence-electron chi connectivity index (χ0n) is 16.2. The van der Waals surface area contributed by atoms with Gasteiger partial charge in [0.1, 0.15) is 0 Å². The lowest BCUT2D eigenvalue weighted by Crippen LogP contribution is -2.38. The lowest BCUT2D eigenvalue weighted by Gasteiger charge is -2.23. The molecule has 148 valence electrons. The van der Waals surface area contributed by atoms with Gasteiger partial charge in [0.15, 0.2) is 0 Å². The molecule has 3 atom stereocenters. The van der Waals surface area contributed by atoms with Gasteiger partial charge in [-0.25, -0.2) is 8.42 Å². The number of nitrogens with one attached hydrogen (secondary N) is 2. The topological polar surface area (TPSA) is 75.3 Å².